The second kappa shape index (κ2) is 6.63. The number of amides is 1. The Labute approximate surface area is 142 Å². The number of carbonyl (C=O) groups is 1. The highest BCUT2D eigenvalue weighted by Crippen LogP contribution is 2.25. The minimum atomic E-state index is -0.449. The molecule has 0 bridgehead atoms. The van der Waals surface area contributed by atoms with E-state index in [0.717, 1.165) is 24.2 Å². The Hall–Kier alpha value is -2.37. The van der Waals surface area contributed by atoms with Crippen LogP contribution < -0.4 is 0 Å². The summed E-state index contributed by atoms with van der Waals surface area (Å²) in [5, 5.41) is 0. The minimum Gasteiger partial charge on any atom is -0.444 e. The van der Waals surface area contributed by atoms with Crippen LogP contribution in [0.2, 0.25) is 0 Å². The zero-order valence-electron chi connectivity index (χ0n) is 14.5. The Bertz CT molecular complexity index is 683. The third kappa shape index (κ3) is 3.93. The van der Waals surface area contributed by atoms with Gasteiger partial charge in [-0.05, 0) is 45.7 Å². The van der Waals surface area contributed by atoms with Gasteiger partial charge in [-0.1, -0.05) is 6.07 Å². The Balaban J connectivity index is 1.59. The van der Waals surface area contributed by atoms with Gasteiger partial charge in [0.25, 0.3) is 0 Å². The van der Waals surface area contributed by atoms with E-state index in [-0.39, 0.29) is 6.09 Å². The molecule has 1 saturated heterocycles. The highest BCUT2D eigenvalue weighted by Gasteiger charge is 2.27. The van der Waals surface area contributed by atoms with E-state index in [2.05, 4.69) is 14.5 Å². The smallest absolute Gasteiger partial charge is 0.410 e. The van der Waals surface area contributed by atoms with E-state index in [1.807, 2.05) is 51.5 Å². The molecule has 0 unspecified atom stereocenters. The number of pyridine rings is 1. The van der Waals surface area contributed by atoms with Crippen LogP contribution in [0.3, 0.4) is 0 Å². The summed E-state index contributed by atoms with van der Waals surface area (Å²) in [4.78, 5) is 22.7. The first-order valence-electron chi connectivity index (χ1n) is 8.35. The van der Waals surface area contributed by atoms with Crippen molar-refractivity contribution < 1.29 is 9.53 Å². The summed E-state index contributed by atoms with van der Waals surface area (Å²) in [5.74, 6) is 0. The maximum atomic E-state index is 12.1. The number of piperidine rings is 1. The average Bonchev–Trinajstić information content (AvgIpc) is 3.04. The van der Waals surface area contributed by atoms with E-state index < -0.39 is 5.60 Å². The highest BCUT2D eigenvalue weighted by atomic mass is 16.6. The predicted octanol–water partition coefficient (Wildman–Crippen LogP) is 3.52. The Morgan fingerprint density at radius 3 is 2.54 bits per heavy atom. The number of hydrogen-bond donors (Lipinski definition) is 0. The van der Waals surface area contributed by atoms with E-state index >= 15 is 0 Å². The van der Waals surface area contributed by atoms with Crippen LogP contribution in [-0.4, -0.2) is 44.2 Å². The first kappa shape index (κ1) is 16.5. The lowest BCUT2D eigenvalue weighted by Crippen LogP contribution is -2.42. The molecule has 0 N–H and O–H groups in total. The Morgan fingerprint density at radius 1 is 1.17 bits per heavy atom. The number of imidazole rings is 1. The summed E-state index contributed by atoms with van der Waals surface area (Å²) in [6.45, 7) is 7.08. The fourth-order valence-electron chi connectivity index (χ4n) is 2.86. The number of ether oxygens (including phenoxy) is 1. The van der Waals surface area contributed by atoms with Gasteiger partial charge in [-0.3, -0.25) is 4.98 Å². The first-order valence-corrected chi connectivity index (χ1v) is 8.35. The number of nitrogens with zero attached hydrogens (tertiary/aromatic N) is 4. The third-order valence-electron chi connectivity index (χ3n) is 4.07. The monoisotopic (exact) mass is 328 g/mol. The molecule has 0 aromatic carbocycles. The molecule has 128 valence electrons. The normalized spacial score (nSPS) is 16.2. The van der Waals surface area contributed by atoms with E-state index in [0.29, 0.717) is 19.1 Å². The van der Waals surface area contributed by atoms with Crippen LogP contribution in [0.15, 0.2) is 36.9 Å². The second-order valence-electron chi connectivity index (χ2n) is 7.12. The van der Waals surface area contributed by atoms with Crippen molar-refractivity contribution in [3.8, 4) is 11.4 Å². The molecule has 1 aliphatic rings. The number of carbonyl (C=O) groups excluding carboxylic acids is 1. The van der Waals surface area contributed by atoms with Crippen LogP contribution in [0.5, 0.6) is 0 Å². The van der Waals surface area contributed by atoms with Crippen molar-refractivity contribution in [2.45, 2.75) is 45.3 Å². The minimum absolute atomic E-state index is 0.222. The van der Waals surface area contributed by atoms with Crippen LogP contribution >= 0.6 is 0 Å². The van der Waals surface area contributed by atoms with Gasteiger partial charge in [-0.15, -0.1) is 0 Å². The molecule has 24 heavy (non-hydrogen) atoms. The van der Waals surface area contributed by atoms with Crippen molar-refractivity contribution in [1.29, 1.82) is 0 Å². The molecule has 3 heterocycles. The molecule has 6 nitrogen and oxygen atoms in total. The molecule has 1 aliphatic heterocycles. The summed E-state index contributed by atoms with van der Waals surface area (Å²) in [6, 6.07) is 6.17. The van der Waals surface area contributed by atoms with Crippen LogP contribution in [0, 0.1) is 0 Å². The average molecular weight is 328 g/mol. The highest BCUT2D eigenvalue weighted by molar-refractivity contribution is 5.68. The lowest BCUT2D eigenvalue weighted by molar-refractivity contribution is 0.0188. The van der Waals surface area contributed by atoms with Crippen LogP contribution in [0.4, 0.5) is 4.79 Å². The molecule has 3 rings (SSSR count). The summed E-state index contributed by atoms with van der Waals surface area (Å²) < 4.78 is 7.58. The maximum absolute atomic E-state index is 12.1. The zero-order valence-corrected chi connectivity index (χ0v) is 14.5. The zero-order chi connectivity index (χ0) is 17.2. The molecule has 6 heteroatoms. The van der Waals surface area contributed by atoms with E-state index in [1.54, 1.807) is 11.1 Å². The van der Waals surface area contributed by atoms with Gasteiger partial charge in [0.1, 0.15) is 11.3 Å². The third-order valence-corrected chi connectivity index (χ3v) is 4.07. The van der Waals surface area contributed by atoms with Crippen molar-refractivity contribution in [2.24, 2.45) is 0 Å². The molecule has 1 fully saturated rings. The van der Waals surface area contributed by atoms with Gasteiger partial charge in [-0.25, -0.2) is 9.78 Å². The maximum Gasteiger partial charge on any atom is 0.410 e. The molecule has 2 aromatic heterocycles. The van der Waals surface area contributed by atoms with Crippen molar-refractivity contribution in [1.82, 2.24) is 19.4 Å². The molecule has 0 spiro atoms. The fourth-order valence-corrected chi connectivity index (χ4v) is 2.86. The van der Waals surface area contributed by atoms with Gasteiger partial charge < -0.3 is 14.2 Å². The number of likely N-dealkylation sites (tertiary alicyclic amines) is 1. The lowest BCUT2D eigenvalue weighted by Gasteiger charge is -2.33. The lowest BCUT2D eigenvalue weighted by atomic mass is 10.1. The fraction of sp³-hybridized carbons (Fsp3) is 0.500. The van der Waals surface area contributed by atoms with Crippen LogP contribution in [-0.2, 0) is 4.74 Å². The van der Waals surface area contributed by atoms with Crippen LogP contribution in [0.25, 0.3) is 11.4 Å². The van der Waals surface area contributed by atoms with Crippen molar-refractivity contribution in [3.63, 3.8) is 0 Å². The molecule has 1 amide bonds. The van der Waals surface area contributed by atoms with Gasteiger partial charge in [0.2, 0.25) is 0 Å². The van der Waals surface area contributed by atoms with Crippen molar-refractivity contribution >= 4 is 6.09 Å². The molecule has 0 radical (unpaired) electrons. The number of hydrogen-bond acceptors (Lipinski definition) is 4. The van der Waals surface area contributed by atoms with Gasteiger partial charge in [0, 0.05) is 31.5 Å². The molecule has 0 aliphatic carbocycles. The largest absolute Gasteiger partial charge is 0.444 e. The van der Waals surface area contributed by atoms with E-state index in [1.165, 1.54) is 0 Å². The summed E-state index contributed by atoms with van der Waals surface area (Å²) >= 11 is 0. The van der Waals surface area contributed by atoms with Crippen LogP contribution in [0.1, 0.15) is 39.7 Å². The summed E-state index contributed by atoms with van der Waals surface area (Å²) in [7, 11) is 0. The standard InChI is InChI=1S/C18H24N4O2/c1-18(2,3)24-17(23)21-10-7-14(8-11-21)22-12-16(20-13-22)15-6-4-5-9-19-15/h4-6,9,12-14H,7-8,10-11H2,1-3H3. The number of aromatic nitrogens is 3. The summed E-state index contributed by atoms with van der Waals surface area (Å²) in [6.07, 6.45) is 7.25. The molecule has 2 aromatic rings. The quantitative estimate of drug-likeness (QED) is 0.846. The predicted molar refractivity (Wildman–Crippen MR) is 91.5 cm³/mol. The van der Waals surface area contributed by atoms with Crippen molar-refractivity contribution in [3.05, 3.63) is 36.9 Å². The topological polar surface area (TPSA) is 60.2 Å². The van der Waals surface area contributed by atoms with Gasteiger partial charge in [-0.2, -0.15) is 0 Å². The second-order valence-corrected chi connectivity index (χ2v) is 7.12. The molecular formula is C18H24N4O2. The molecular weight excluding hydrogens is 304 g/mol. The summed E-state index contributed by atoms with van der Waals surface area (Å²) in [5.41, 5.74) is 1.31. The Kier molecular flexibility index (Phi) is 4.55. The van der Waals surface area contributed by atoms with E-state index in [9.17, 15) is 4.79 Å². The van der Waals surface area contributed by atoms with Gasteiger partial charge in [0.05, 0.1) is 12.0 Å². The first-order chi connectivity index (χ1) is 11.4. The molecule has 0 saturated carbocycles. The van der Waals surface area contributed by atoms with Gasteiger partial charge >= 0.3 is 6.09 Å². The van der Waals surface area contributed by atoms with Gasteiger partial charge in [0.15, 0.2) is 0 Å². The Morgan fingerprint density at radius 2 is 1.92 bits per heavy atom. The SMILES string of the molecule is CC(C)(C)OC(=O)N1CCC(n2cnc(-c3ccccn3)c2)CC1. The van der Waals surface area contributed by atoms with Crippen molar-refractivity contribution in [2.75, 3.05) is 13.1 Å². The van der Waals surface area contributed by atoms with E-state index in [4.69, 9.17) is 4.74 Å². The number of rotatable bonds is 2. The molecule has 0 atom stereocenters.